The van der Waals surface area contributed by atoms with E-state index in [-0.39, 0.29) is 36.9 Å². The van der Waals surface area contributed by atoms with E-state index < -0.39 is 0 Å². The smallest absolute Gasteiger partial charge is 0.305 e. The molecule has 12 heteroatoms. The fourth-order valence-electron chi connectivity index (χ4n) is 6.04. The second kappa shape index (κ2) is 19.6. The molecule has 4 aromatic rings. The summed E-state index contributed by atoms with van der Waals surface area (Å²) in [5.74, 6) is 7.18. The van der Waals surface area contributed by atoms with Crippen LogP contribution in [0.15, 0.2) is 53.5 Å². The van der Waals surface area contributed by atoms with Gasteiger partial charge in [0, 0.05) is 51.5 Å². The van der Waals surface area contributed by atoms with E-state index in [9.17, 15) is 9.59 Å². The average Bonchev–Trinajstić information content (AvgIpc) is 3.58. The molecule has 0 fully saturated rings. The van der Waals surface area contributed by atoms with Crippen LogP contribution in [-0.4, -0.2) is 45.5 Å². The summed E-state index contributed by atoms with van der Waals surface area (Å²) in [6.07, 6.45) is 8.21. The number of unbranched alkanes of at least 4 members (excludes halogenated alkanes) is 6. The number of benzene rings is 2. The summed E-state index contributed by atoms with van der Waals surface area (Å²) in [5.41, 5.74) is 11.1. The van der Waals surface area contributed by atoms with Crippen molar-refractivity contribution < 1.29 is 14.3 Å². The number of nitrogens with one attached hydrogen (secondary N) is 1. The third kappa shape index (κ3) is 10.7. The molecule has 0 spiro atoms. The fourth-order valence-corrected chi connectivity index (χ4v) is 7.38. The largest absolute Gasteiger partial charge is 0.466 e. The minimum Gasteiger partial charge on any atom is -0.466 e. The summed E-state index contributed by atoms with van der Waals surface area (Å²) >= 11 is 7.93. The number of aromatic nitrogens is 3. The molecule has 0 bridgehead atoms. The Morgan fingerprint density at radius 3 is 2.41 bits per heavy atom. The van der Waals surface area contributed by atoms with E-state index in [1.807, 2.05) is 55.5 Å². The molecule has 0 saturated carbocycles. The second-order valence-corrected chi connectivity index (χ2v) is 14.2. The third-order valence-electron chi connectivity index (χ3n) is 8.78. The molecular weight excluding hydrogens is 703 g/mol. The number of halogens is 2. The first-order valence-corrected chi connectivity index (χ1v) is 18.6. The fraction of sp³-hybridized carbons (Fsp3) is 0.410. The molecule has 3 N–H and O–H groups in total. The summed E-state index contributed by atoms with van der Waals surface area (Å²) < 4.78 is 7.79. The van der Waals surface area contributed by atoms with Crippen LogP contribution in [0.2, 0.25) is 5.02 Å². The number of hydrogen-bond donors (Lipinski definition) is 2. The molecule has 3 heterocycles. The van der Waals surface area contributed by atoms with Crippen LogP contribution in [0.25, 0.3) is 5.00 Å². The zero-order chi connectivity index (χ0) is 35.5. The summed E-state index contributed by atoms with van der Waals surface area (Å²) in [7, 11) is 0. The first-order chi connectivity index (χ1) is 24.2. The molecule has 1 atom stereocenters. The van der Waals surface area contributed by atoms with Gasteiger partial charge in [0.15, 0.2) is 5.82 Å². The molecule has 0 radical (unpaired) electrons. The van der Waals surface area contributed by atoms with E-state index in [2.05, 4.69) is 45.8 Å². The Kier molecular flexibility index (Phi) is 15.3. The van der Waals surface area contributed by atoms with E-state index in [1.54, 1.807) is 11.3 Å². The molecule has 0 unspecified atom stereocenters. The van der Waals surface area contributed by atoms with Crippen molar-refractivity contribution in [3.63, 3.8) is 0 Å². The van der Waals surface area contributed by atoms with Crippen LogP contribution in [0.4, 0.5) is 5.69 Å². The van der Waals surface area contributed by atoms with Gasteiger partial charge >= 0.3 is 5.97 Å². The predicted octanol–water partition coefficient (Wildman–Crippen LogP) is 8.61. The zero-order valence-corrected chi connectivity index (χ0v) is 31.9. The molecule has 0 saturated heterocycles. The van der Waals surface area contributed by atoms with Crippen molar-refractivity contribution in [2.75, 3.05) is 18.5 Å². The molecule has 1 aliphatic rings. The number of nitrogens with two attached hydrogens (primary N) is 1. The first-order valence-electron chi connectivity index (χ1n) is 17.4. The van der Waals surface area contributed by atoms with E-state index in [0.717, 1.165) is 89.7 Å². The highest BCUT2D eigenvalue weighted by Crippen LogP contribution is 2.39. The maximum absolute atomic E-state index is 12.6. The van der Waals surface area contributed by atoms with Gasteiger partial charge in [0.25, 0.3) is 0 Å². The maximum Gasteiger partial charge on any atom is 0.305 e. The normalized spacial score (nSPS) is 13.1. The minimum atomic E-state index is -0.326. The quantitative estimate of drug-likeness (QED) is 0.0713. The highest BCUT2D eigenvalue weighted by Gasteiger charge is 2.31. The number of ether oxygens (including phenoxy) is 1. The first kappa shape index (κ1) is 39.8. The molecule has 270 valence electrons. The highest BCUT2D eigenvalue weighted by molar-refractivity contribution is 7.15. The SMILES string of the molecule is Cc1sc2c(c1C)C(c1ccc(Cl)cc1)=N[C@@H](CCOC(=O)CCCCCCCCCC(=O)Nc1cccc(C#CCN)c1)c1nnc(C)n1-2.Cl. The number of thiophene rings is 1. The number of nitrogens with zero attached hydrogens (tertiary/aromatic N) is 4. The molecular formula is C39H46Cl2N6O3S. The molecule has 0 aliphatic carbocycles. The van der Waals surface area contributed by atoms with Crippen LogP contribution in [0, 0.1) is 32.6 Å². The van der Waals surface area contributed by atoms with Crippen LogP contribution in [-0.2, 0) is 14.3 Å². The van der Waals surface area contributed by atoms with Crippen molar-refractivity contribution in [2.24, 2.45) is 10.7 Å². The van der Waals surface area contributed by atoms with Crippen LogP contribution in [0.5, 0.6) is 0 Å². The number of rotatable bonds is 15. The van der Waals surface area contributed by atoms with Gasteiger partial charge in [-0.25, -0.2) is 0 Å². The number of hydrogen-bond acceptors (Lipinski definition) is 8. The van der Waals surface area contributed by atoms with E-state index in [1.165, 1.54) is 10.4 Å². The molecule has 2 aromatic carbocycles. The lowest BCUT2D eigenvalue weighted by Gasteiger charge is -2.13. The van der Waals surface area contributed by atoms with Crippen LogP contribution in [0.3, 0.4) is 0 Å². The Bertz CT molecular complexity index is 1890. The van der Waals surface area contributed by atoms with Crippen molar-refractivity contribution in [1.29, 1.82) is 0 Å². The molecule has 2 aromatic heterocycles. The second-order valence-electron chi connectivity index (χ2n) is 12.5. The van der Waals surface area contributed by atoms with E-state index >= 15 is 0 Å². The van der Waals surface area contributed by atoms with E-state index in [0.29, 0.717) is 30.8 Å². The summed E-state index contributed by atoms with van der Waals surface area (Å²) in [4.78, 5) is 31.4. The Hall–Kier alpha value is -4.01. The summed E-state index contributed by atoms with van der Waals surface area (Å²) in [6.45, 7) is 6.76. The number of carbonyl (C=O) groups excluding carboxylic acids is 2. The average molecular weight is 750 g/mol. The Morgan fingerprint density at radius 1 is 0.980 bits per heavy atom. The van der Waals surface area contributed by atoms with Crippen molar-refractivity contribution in [3.05, 3.63) is 92.3 Å². The number of aliphatic imine (C=N–C) groups is 1. The lowest BCUT2D eigenvalue weighted by molar-refractivity contribution is -0.144. The van der Waals surface area contributed by atoms with E-state index in [4.69, 9.17) is 27.1 Å². The van der Waals surface area contributed by atoms with Gasteiger partial charge in [-0.2, -0.15) is 0 Å². The lowest BCUT2D eigenvalue weighted by atomic mass is 9.99. The highest BCUT2D eigenvalue weighted by atomic mass is 35.5. The van der Waals surface area contributed by atoms with Gasteiger partial charge in [-0.3, -0.25) is 19.1 Å². The van der Waals surface area contributed by atoms with Crippen molar-refractivity contribution in [2.45, 2.75) is 91.0 Å². The molecule has 1 aliphatic heterocycles. The van der Waals surface area contributed by atoms with Crippen molar-refractivity contribution in [3.8, 4) is 16.8 Å². The third-order valence-corrected chi connectivity index (χ3v) is 10.2. The standard InChI is InChI=1S/C39H45ClN6O3S.ClH/c1-26-27(2)50-39-36(26)37(30-18-20-31(40)21-19-30)43-33(38-45-44-28(3)46(38)39)22-24-49-35(48)17-10-8-6-4-5-7-9-16-34(47)42-32-15-11-13-29(25-32)14-12-23-41;/h11,13,15,18-21,25,33H,4-10,16-17,22-24,41H2,1-3H3,(H,42,47);1H/t33-;/m0./s1. The Balaban J connectivity index is 0.00000583. The van der Waals surface area contributed by atoms with Crippen LogP contribution in [0.1, 0.15) is 109 Å². The van der Waals surface area contributed by atoms with Crippen molar-refractivity contribution in [1.82, 2.24) is 14.8 Å². The number of esters is 1. The summed E-state index contributed by atoms with van der Waals surface area (Å²) in [6, 6.07) is 14.9. The number of aryl methyl sites for hydroxylation is 2. The minimum absolute atomic E-state index is 0. The van der Waals surface area contributed by atoms with Gasteiger partial charge in [0.05, 0.1) is 18.9 Å². The predicted molar refractivity (Wildman–Crippen MR) is 209 cm³/mol. The Labute approximate surface area is 315 Å². The Morgan fingerprint density at radius 2 is 1.69 bits per heavy atom. The molecule has 9 nitrogen and oxygen atoms in total. The van der Waals surface area contributed by atoms with Gasteiger partial charge in [0.2, 0.25) is 5.91 Å². The topological polar surface area (TPSA) is 124 Å². The van der Waals surface area contributed by atoms with Crippen LogP contribution >= 0.6 is 35.3 Å². The van der Waals surface area contributed by atoms with Gasteiger partial charge in [-0.15, -0.1) is 33.9 Å². The van der Waals surface area contributed by atoms with Gasteiger partial charge < -0.3 is 15.8 Å². The number of amides is 1. The summed E-state index contributed by atoms with van der Waals surface area (Å²) in [5, 5.41) is 13.6. The zero-order valence-electron chi connectivity index (χ0n) is 29.5. The number of carbonyl (C=O) groups is 2. The van der Waals surface area contributed by atoms with Gasteiger partial charge in [0.1, 0.15) is 16.9 Å². The van der Waals surface area contributed by atoms with Gasteiger partial charge in [-0.1, -0.05) is 73.7 Å². The number of anilines is 1. The lowest BCUT2D eigenvalue weighted by Crippen LogP contribution is -2.12. The van der Waals surface area contributed by atoms with Crippen molar-refractivity contribution >= 4 is 58.6 Å². The molecule has 5 rings (SSSR count). The molecule has 51 heavy (non-hydrogen) atoms. The molecule has 1 amide bonds. The van der Waals surface area contributed by atoms with Gasteiger partial charge in [-0.05, 0) is 69.5 Å². The van der Waals surface area contributed by atoms with Crippen LogP contribution < -0.4 is 11.1 Å². The monoisotopic (exact) mass is 748 g/mol. The maximum atomic E-state index is 12.6. The number of fused-ring (bicyclic) bond motifs is 3.